The third kappa shape index (κ3) is 1.97. The van der Waals surface area contributed by atoms with E-state index in [0.29, 0.717) is 22.4 Å². The van der Waals surface area contributed by atoms with E-state index >= 15 is 0 Å². The number of halogens is 1. The Bertz CT molecular complexity index is 661. The summed E-state index contributed by atoms with van der Waals surface area (Å²) in [6, 6.07) is 13.4. The first-order chi connectivity index (χ1) is 9.27. The van der Waals surface area contributed by atoms with Gasteiger partial charge in [0.15, 0.2) is 0 Å². The Balaban J connectivity index is 2.20. The van der Waals surface area contributed by atoms with Crippen LogP contribution in [0.15, 0.2) is 54.7 Å². The number of H-pyrrole nitrogens is 1. The molecule has 19 heavy (non-hydrogen) atoms. The van der Waals surface area contributed by atoms with Gasteiger partial charge in [-0.05, 0) is 18.2 Å². The number of nitrogens with one attached hydrogen (secondary N) is 1. The lowest BCUT2D eigenvalue weighted by Crippen LogP contribution is -1.86. The molecule has 0 aliphatic carbocycles. The molecule has 0 spiro atoms. The maximum atomic E-state index is 13.8. The molecule has 2 aromatic carbocycles. The van der Waals surface area contributed by atoms with Crippen molar-refractivity contribution >= 4 is 0 Å². The number of rotatable bonds is 2. The van der Waals surface area contributed by atoms with Crippen LogP contribution in [-0.2, 0) is 0 Å². The molecule has 3 nitrogen and oxygen atoms in total. The molecule has 2 N–H and O–H groups in total. The van der Waals surface area contributed by atoms with E-state index in [1.807, 2.05) is 0 Å². The van der Waals surface area contributed by atoms with Gasteiger partial charge >= 0.3 is 0 Å². The van der Waals surface area contributed by atoms with E-state index in [1.54, 1.807) is 48.7 Å². The fraction of sp³-hybridized carbons (Fsp3) is 0. The Morgan fingerprint density at radius 2 is 1.58 bits per heavy atom. The zero-order valence-electron chi connectivity index (χ0n) is 9.97. The molecule has 1 aromatic heterocycles. The molecule has 0 radical (unpaired) electrons. The molecule has 3 rings (SSSR count). The lowest BCUT2D eigenvalue weighted by Gasteiger charge is -2.06. The van der Waals surface area contributed by atoms with Crippen molar-refractivity contribution in [2.24, 2.45) is 0 Å². The second-order valence-electron chi connectivity index (χ2n) is 4.16. The molecule has 0 unspecified atom stereocenters. The summed E-state index contributed by atoms with van der Waals surface area (Å²) in [6.07, 6.45) is 1.56. The maximum absolute atomic E-state index is 13.8. The average Bonchev–Trinajstić information content (AvgIpc) is 2.89. The van der Waals surface area contributed by atoms with Gasteiger partial charge in [-0.25, -0.2) is 4.39 Å². The minimum Gasteiger partial charge on any atom is -0.507 e. The van der Waals surface area contributed by atoms with Crippen LogP contribution in [0.4, 0.5) is 4.39 Å². The zero-order chi connectivity index (χ0) is 13.2. The number of hydrogen-bond donors (Lipinski definition) is 2. The highest BCUT2D eigenvalue weighted by molar-refractivity contribution is 5.83. The van der Waals surface area contributed by atoms with Crippen molar-refractivity contribution < 1.29 is 9.50 Å². The van der Waals surface area contributed by atoms with Crippen molar-refractivity contribution in [3.8, 4) is 28.1 Å². The van der Waals surface area contributed by atoms with Crippen LogP contribution >= 0.6 is 0 Å². The van der Waals surface area contributed by atoms with Gasteiger partial charge in [0.05, 0.1) is 11.9 Å². The van der Waals surface area contributed by atoms with Crippen LogP contribution in [0.25, 0.3) is 22.4 Å². The second kappa shape index (κ2) is 4.57. The van der Waals surface area contributed by atoms with Crippen molar-refractivity contribution in [2.75, 3.05) is 0 Å². The lowest BCUT2D eigenvalue weighted by molar-refractivity contribution is 0.477. The summed E-state index contributed by atoms with van der Waals surface area (Å²) in [4.78, 5) is 0. The molecule has 0 aliphatic heterocycles. The summed E-state index contributed by atoms with van der Waals surface area (Å²) >= 11 is 0. The Kier molecular flexibility index (Phi) is 2.76. The Morgan fingerprint density at radius 1 is 0.895 bits per heavy atom. The van der Waals surface area contributed by atoms with E-state index in [1.165, 1.54) is 6.07 Å². The number of phenols is 1. The van der Waals surface area contributed by atoms with E-state index in [9.17, 15) is 9.50 Å². The molecule has 0 saturated carbocycles. The Morgan fingerprint density at radius 3 is 2.32 bits per heavy atom. The van der Waals surface area contributed by atoms with Crippen molar-refractivity contribution in [1.29, 1.82) is 0 Å². The highest BCUT2D eigenvalue weighted by Gasteiger charge is 2.15. The van der Waals surface area contributed by atoms with Crippen molar-refractivity contribution in [3.63, 3.8) is 0 Å². The maximum Gasteiger partial charge on any atom is 0.131 e. The second-order valence-corrected chi connectivity index (χ2v) is 4.16. The van der Waals surface area contributed by atoms with E-state index in [4.69, 9.17) is 0 Å². The molecule has 0 bridgehead atoms. The molecular formula is C15H11FN2O. The predicted octanol–water partition coefficient (Wildman–Crippen LogP) is 3.59. The monoisotopic (exact) mass is 254 g/mol. The molecule has 0 saturated heterocycles. The molecule has 0 atom stereocenters. The molecule has 1 heterocycles. The van der Waals surface area contributed by atoms with Gasteiger partial charge in [0.1, 0.15) is 11.6 Å². The molecule has 0 fully saturated rings. The van der Waals surface area contributed by atoms with E-state index in [2.05, 4.69) is 10.2 Å². The van der Waals surface area contributed by atoms with Crippen molar-refractivity contribution in [2.45, 2.75) is 0 Å². The standard InChI is InChI=1S/C15H11FN2O/c16-13-7-3-1-5-10(13)12-9-17-18-15(12)11-6-2-4-8-14(11)19/h1-9,19H,(H,17,18). The first-order valence-corrected chi connectivity index (χ1v) is 5.84. The van der Waals surface area contributed by atoms with Crippen LogP contribution in [0.5, 0.6) is 5.75 Å². The highest BCUT2D eigenvalue weighted by Crippen LogP contribution is 2.35. The number of hydrogen-bond acceptors (Lipinski definition) is 2. The fourth-order valence-corrected chi connectivity index (χ4v) is 2.06. The number of para-hydroxylation sites is 1. The summed E-state index contributed by atoms with van der Waals surface area (Å²) in [5.74, 6) is -0.190. The van der Waals surface area contributed by atoms with Gasteiger partial charge in [0.25, 0.3) is 0 Å². The van der Waals surface area contributed by atoms with Crippen LogP contribution < -0.4 is 0 Å². The quantitative estimate of drug-likeness (QED) is 0.734. The van der Waals surface area contributed by atoms with Gasteiger partial charge in [0, 0.05) is 16.7 Å². The van der Waals surface area contributed by atoms with Crippen LogP contribution in [0, 0.1) is 5.82 Å². The topological polar surface area (TPSA) is 48.9 Å². The smallest absolute Gasteiger partial charge is 0.131 e. The summed E-state index contributed by atoms with van der Waals surface area (Å²) in [7, 11) is 0. The zero-order valence-corrected chi connectivity index (χ0v) is 9.97. The SMILES string of the molecule is Oc1ccccc1-c1[nH]ncc1-c1ccccc1F. The van der Waals surface area contributed by atoms with Gasteiger partial charge in [0.2, 0.25) is 0 Å². The predicted molar refractivity (Wildman–Crippen MR) is 71.1 cm³/mol. The summed E-state index contributed by atoms with van der Waals surface area (Å²) in [6.45, 7) is 0. The van der Waals surface area contributed by atoms with Crippen molar-refractivity contribution in [3.05, 3.63) is 60.5 Å². The van der Waals surface area contributed by atoms with Crippen molar-refractivity contribution in [1.82, 2.24) is 10.2 Å². The summed E-state index contributed by atoms with van der Waals surface area (Å²) in [5.41, 5.74) is 2.27. The largest absolute Gasteiger partial charge is 0.507 e. The van der Waals surface area contributed by atoms with Gasteiger partial charge in [-0.1, -0.05) is 30.3 Å². The molecule has 0 aliphatic rings. The fourth-order valence-electron chi connectivity index (χ4n) is 2.06. The first kappa shape index (κ1) is 11.5. The van der Waals surface area contributed by atoms with Crippen LogP contribution in [0.3, 0.4) is 0 Å². The van der Waals surface area contributed by atoms with Gasteiger partial charge < -0.3 is 5.11 Å². The third-order valence-corrected chi connectivity index (χ3v) is 2.98. The number of aromatic nitrogens is 2. The molecule has 4 heteroatoms. The first-order valence-electron chi connectivity index (χ1n) is 5.84. The van der Waals surface area contributed by atoms with E-state index < -0.39 is 0 Å². The number of benzene rings is 2. The van der Waals surface area contributed by atoms with Gasteiger partial charge in [-0.2, -0.15) is 5.10 Å². The minimum atomic E-state index is -0.319. The molecule has 94 valence electrons. The molecule has 3 aromatic rings. The normalized spacial score (nSPS) is 10.6. The number of aromatic hydroxyl groups is 1. The summed E-state index contributed by atoms with van der Waals surface area (Å²) < 4.78 is 13.8. The molecular weight excluding hydrogens is 243 g/mol. The Labute approximate surface area is 109 Å². The summed E-state index contributed by atoms with van der Waals surface area (Å²) in [5, 5.41) is 16.6. The van der Waals surface area contributed by atoms with Crippen LogP contribution in [-0.4, -0.2) is 15.3 Å². The van der Waals surface area contributed by atoms with Gasteiger partial charge in [-0.3, -0.25) is 5.10 Å². The number of phenolic OH excluding ortho intramolecular Hbond substituents is 1. The number of aromatic amines is 1. The number of nitrogens with zero attached hydrogens (tertiary/aromatic N) is 1. The van der Waals surface area contributed by atoms with Crippen LogP contribution in [0.1, 0.15) is 0 Å². The minimum absolute atomic E-state index is 0.129. The lowest BCUT2D eigenvalue weighted by atomic mass is 10.0. The molecule has 0 amide bonds. The average molecular weight is 254 g/mol. The third-order valence-electron chi connectivity index (χ3n) is 2.98. The van der Waals surface area contributed by atoms with E-state index in [-0.39, 0.29) is 11.6 Å². The van der Waals surface area contributed by atoms with E-state index in [0.717, 1.165) is 0 Å². The van der Waals surface area contributed by atoms with Crippen LogP contribution in [0.2, 0.25) is 0 Å². The Hall–Kier alpha value is -2.62. The highest BCUT2D eigenvalue weighted by atomic mass is 19.1. The van der Waals surface area contributed by atoms with Gasteiger partial charge in [-0.15, -0.1) is 0 Å².